The number of benzene rings is 4. The van der Waals surface area contributed by atoms with E-state index < -0.39 is 0 Å². The lowest BCUT2D eigenvalue weighted by Crippen LogP contribution is -3.10. The van der Waals surface area contributed by atoms with E-state index >= 15 is 0 Å². The van der Waals surface area contributed by atoms with Crippen LogP contribution in [0.1, 0.15) is 31.6 Å². The smallest absolute Gasteiger partial charge is 0.374 e. The van der Waals surface area contributed by atoms with E-state index in [1.54, 1.807) is 0 Å². The minimum Gasteiger partial charge on any atom is -0.432 e. The van der Waals surface area contributed by atoms with E-state index in [0.29, 0.717) is 19.8 Å². The van der Waals surface area contributed by atoms with Crippen molar-refractivity contribution < 1.29 is 23.4 Å². The number of hydrogen-bond acceptors (Lipinski definition) is 5. The Balaban J connectivity index is 0.967. The molecule has 1 aromatic heterocycles. The molecule has 2 saturated heterocycles. The number of oxazole rings is 1. The van der Waals surface area contributed by atoms with Crippen molar-refractivity contribution in [3.8, 4) is 5.75 Å². The second kappa shape index (κ2) is 14.7. The fourth-order valence-electron chi connectivity index (χ4n) is 7.37. The van der Waals surface area contributed by atoms with E-state index in [2.05, 4.69) is 136 Å². The monoisotopic (exact) mass is 654 g/mol. The summed E-state index contributed by atoms with van der Waals surface area (Å²) < 4.78 is 21.6. The van der Waals surface area contributed by atoms with Gasteiger partial charge in [0.1, 0.15) is 13.2 Å². The summed E-state index contributed by atoms with van der Waals surface area (Å²) in [4.78, 5) is 6.03. The van der Waals surface area contributed by atoms with E-state index in [-0.39, 0.29) is 6.23 Å². The van der Waals surface area contributed by atoms with Gasteiger partial charge in [0, 0.05) is 44.4 Å². The maximum absolute atomic E-state index is 6.53. The Labute approximate surface area is 288 Å². The number of ether oxygens (including phenoxy) is 2. The molecule has 7 nitrogen and oxygen atoms in total. The Morgan fingerprint density at radius 1 is 0.735 bits per heavy atom. The number of rotatable bonds is 12. The molecule has 3 aliphatic rings. The summed E-state index contributed by atoms with van der Waals surface area (Å²) >= 11 is 0. The average molecular weight is 655 g/mol. The number of aromatic nitrogens is 1. The predicted molar refractivity (Wildman–Crippen MR) is 197 cm³/mol. The van der Waals surface area contributed by atoms with Crippen LogP contribution in [0.4, 0.5) is 5.69 Å². The normalized spacial score (nSPS) is 19.8. The third-order valence-electron chi connectivity index (χ3n) is 9.99. The molecule has 0 bridgehead atoms. The number of likely N-dealkylation sites (tertiary alicyclic amines) is 2. The van der Waals surface area contributed by atoms with Crippen molar-refractivity contribution >= 4 is 44.4 Å². The summed E-state index contributed by atoms with van der Waals surface area (Å²) in [5.41, 5.74) is 3.16. The third kappa shape index (κ3) is 7.14. The highest BCUT2D eigenvalue weighted by Crippen LogP contribution is 2.32. The van der Waals surface area contributed by atoms with Crippen molar-refractivity contribution in [2.24, 2.45) is 0 Å². The number of nitrogens with one attached hydrogen (secondary N) is 1. The molecule has 49 heavy (non-hydrogen) atoms. The summed E-state index contributed by atoms with van der Waals surface area (Å²) in [6, 6.07) is 25.8. The van der Waals surface area contributed by atoms with E-state index in [9.17, 15) is 0 Å². The highest BCUT2D eigenvalue weighted by Gasteiger charge is 2.35. The van der Waals surface area contributed by atoms with Gasteiger partial charge in [-0.1, -0.05) is 60.7 Å². The minimum atomic E-state index is -0.107. The molecule has 2 unspecified atom stereocenters. The largest absolute Gasteiger partial charge is 0.432 e. The van der Waals surface area contributed by atoms with Crippen LogP contribution in [0.15, 0.2) is 120 Å². The highest BCUT2D eigenvalue weighted by molar-refractivity contribution is 5.93. The quantitative estimate of drug-likeness (QED) is 0.0915. The minimum absolute atomic E-state index is 0.107. The molecule has 2 fully saturated rings. The molecule has 4 heterocycles. The maximum atomic E-state index is 6.53. The zero-order chi connectivity index (χ0) is 32.8. The first kappa shape index (κ1) is 31.4. The van der Waals surface area contributed by atoms with E-state index in [0.717, 1.165) is 55.5 Å². The number of quaternary nitrogens is 1. The highest BCUT2D eigenvalue weighted by atomic mass is 16.5. The van der Waals surface area contributed by atoms with Gasteiger partial charge >= 0.3 is 5.89 Å². The lowest BCUT2D eigenvalue weighted by molar-refractivity contribution is -0.862. The van der Waals surface area contributed by atoms with Gasteiger partial charge in [-0.15, -0.1) is 0 Å². The van der Waals surface area contributed by atoms with Crippen LogP contribution in [0.25, 0.3) is 38.7 Å². The van der Waals surface area contributed by atoms with Gasteiger partial charge in [-0.05, 0) is 83.9 Å². The lowest BCUT2D eigenvalue weighted by Gasteiger charge is -2.17. The molecule has 4 aromatic carbocycles. The standard InChI is InChI=1S/C42H45N4O3/c1-3-15-35-31-39-37(29-33(35)13-1)45(41(48-39)17-5-7-19-43-21-9-10-22-43)25-27-47-28-26-46-38-30-34-14-2-4-16-36(34)32-40(38)49-42(46)18-6-8-20-44-23-11-12-24-44/h1-8,13-20,29-32,41H,9-12,21-28H2/q+1/p+1/b17-5+,19-7+. The van der Waals surface area contributed by atoms with Crippen LogP contribution in [0, 0.1) is 0 Å². The molecule has 0 radical (unpaired) electrons. The number of fused-ring (bicyclic) bond motifs is 4. The van der Waals surface area contributed by atoms with Crippen molar-refractivity contribution in [3.63, 3.8) is 0 Å². The zero-order valence-electron chi connectivity index (χ0n) is 28.2. The van der Waals surface area contributed by atoms with Gasteiger partial charge in [-0.25, -0.2) is 0 Å². The molecule has 7 heteroatoms. The van der Waals surface area contributed by atoms with Gasteiger partial charge in [0.25, 0.3) is 11.7 Å². The second-order valence-electron chi connectivity index (χ2n) is 13.3. The van der Waals surface area contributed by atoms with Crippen LogP contribution in [-0.4, -0.2) is 62.0 Å². The van der Waals surface area contributed by atoms with Gasteiger partial charge in [-0.2, -0.15) is 4.57 Å². The molecular formula is C42H46N4O3+2. The van der Waals surface area contributed by atoms with Crippen molar-refractivity contribution in [3.05, 3.63) is 121 Å². The molecular weight excluding hydrogens is 608 g/mol. The Bertz CT molecular complexity index is 2030. The fourth-order valence-corrected chi connectivity index (χ4v) is 7.37. The molecule has 250 valence electrons. The molecule has 8 rings (SSSR count). The van der Waals surface area contributed by atoms with Gasteiger partial charge in [0.05, 0.1) is 12.7 Å². The van der Waals surface area contributed by atoms with Gasteiger partial charge in [-0.3, -0.25) is 4.90 Å². The molecule has 0 saturated carbocycles. The van der Waals surface area contributed by atoms with E-state index in [1.807, 2.05) is 0 Å². The van der Waals surface area contributed by atoms with Crippen LogP contribution in [-0.2, 0) is 11.3 Å². The first-order valence-electron chi connectivity index (χ1n) is 17.9. The number of hydrogen-bond donors (Lipinski definition) is 1. The maximum Gasteiger partial charge on any atom is 0.374 e. The summed E-state index contributed by atoms with van der Waals surface area (Å²) in [5.74, 6) is 1.78. The van der Waals surface area contributed by atoms with Crippen LogP contribution < -0.4 is 14.2 Å². The molecule has 0 aliphatic carbocycles. The number of allylic oxidation sites excluding steroid dienone is 4. The van der Waals surface area contributed by atoms with Gasteiger partial charge < -0.3 is 23.7 Å². The molecule has 0 amide bonds. The Morgan fingerprint density at radius 3 is 2.08 bits per heavy atom. The topological polar surface area (TPSA) is 46.4 Å². The van der Waals surface area contributed by atoms with Crippen LogP contribution >= 0.6 is 0 Å². The molecule has 2 atom stereocenters. The summed E-state index contributed by atoms with van der Waals surface area (Å²) in [7, 11) is 0. The lowest BCUT2D eigenvalue weighted by atomic mass is 10.1. The summed E-state index contributed by atoms with van der Waals surface area (Å²) in [6.07, 6.45) is 22.1. The first-order chi connectivity index (χ1) is 24.3. The average Bonchev–Trinajstić information content (AvgIpc) is 3.95. The van der Waals surface area contributed by atoms with Crippen molar-refractivity contribution in [1.29, 1.82) is 0 Å². The van der Waals surface area contributed by atoms with Gasteiger partial charge in [0.15, 0.2) is 18.0 Å². The second-order valence-corrected chi connectivity index (χ2v) is 13.3. The Morgan fingerprint density at radius 2 is 1.37 bits per heavy atom. The van der Waals surface area contributed by atoms with Crippen LogP contribution in [0.5, 0.6) is 5.75 Å². The Hall–Kier alpha value is -4.85. The van der Waals surface area contributed by atoms with Crippen molar-refractivity contribution in [2.45, 2.75) is 38.5 Å². The van der Waals surface area contributed by atoms with Gasteiger partial charge in [0.2, 0.25) is 5.58 Å². The van der Waals surface area contributed by atoms with E-state index in [1.165, 1.54) is 57.8 Å². The van der Waals surface area contributed by atoms with Crippen molar-refractivity contribution in [2.75, 3.05) is 45.9 Å². The molecule has 5 aromatic rings. The number of nitrogens with zero attached hydrogens (tertiary/aromatic N) is 3. The first-order valence-corrected chi connectivity index (χ1v) is 17.9. The van der Waals surface area contributed by atoms with Crippen LogP contribution in [0.2, 0.25) is 0 Å². The Kier molecular flexibility index (Phi) is 9.44. The molecule has 1 N–H and O–H groups in total. The summed E-state index contributed by atoms with van der Waals surface area (Å²) in [6.45, 7) is 7.25. The van der Waals surface area contributed by atoms with E-state index in [4.69, 9.17) is 13.9 Å². The van der Waals surface area contributed by atoms with Crippen molar-refractivity contribution in [1.82, 2.24) is 9.80 Å². The predicted octanol–water partition coefficient (Wildman–Crippen LogP) is 6.77. The molecule has 3 aliphatic heterocycles. The summed E-state index contributed by atoms with van der Waals surface area (Å²) in [5, 5.41) is 4.81. The third-order valence-corrected chi connectivity index (χ3v) is 9.99. The van der Waals surface area contributed by atoms with Crippen LogP contribution in [0.3, 0.4) is 0 Å². The fraction of sp³-hybridized carbons (Fsp3) is 0.310. The zero-order valence-corrected chi connectivity index (χ0v) is 28.2. The SMILES string of the molecule is C(/C=C/N1CCCC1)=C\c1oc2cc3ccccc3cc2[n+]1CCOCC[NH+]1c2cc3ccccc3cc2OC1/C=C/C=C/N1CCCC1. The molecule has 0 spiro atoms.